The third-order valence-electron chi connectivity index (χ3n) is 13.8. The van der Waals surface area contributed by atoms with Crippen LogP contribution in [0.3, 0.4) is 0 Å². The van der Waals surface area contributed by atoms with E-state index in [9.17, 15) is 0 Å². The summed E-state index contributed by atoms with van der Waals surface area (Å²) in [6.07, 6.45) is 33.2. The zero-order chi connectivity index (χ0) is 41.1. The average Bonchev–Trinajstić information content (AvgIpc) is 3.36. The summed E-state index contributed by atoms with van der Waals surface area (Å²) < 4.78 is 0. The molecule has 1 fully saturated rings. The molecule has 3 unspecified atom stereocenters. The van der Waals surface area contributed by atoms with E-state index in [0.29, 0.717) is 11.3 Å². The smallest absolute Gasteiger partial charge is 0.0410 e. The average molecular weight is 756 g/mol. The van der Waals surface area contributed by atoms with E-state index >= 15 is 0 Å². The van der Waals surface area contributed by atoms with Gasteiger partial charge in [-0.25, -0.2) is 0 Å². The van der Waals surface area contributed by atoms with Crippen molar-refractivity contribution in [1.29, 1.82) is 0 Å². The van der Waals surface area contributed by atoms with Crippen molar-refractivity contribution in [3.05, 3.63) is 163 Å². The molecule has 1 saturated carbocycles. The number of nitrogens with zero attached hydrogens (tertiary/aromatic N) is 1. The molecule has 6 rings (SSSR count). The molecule has 57 heavy (non-hydrogen) atoms. The van der Waals surface area contributed by atoms with E-state index in [1.54, 1.807) is 0 Å². The molecular weight excluding hydrogens is 687 g/mol. The van der Waals surface area contributed by atoms with Crippen molar-refractivity contribution in [2.75, 3.05) is 6.54 Å². The molecule has 2 aliphatic carbocycles. The fraction of sp³-hybridized carbons (Fsp3) is 0.393. The summed E-state index contributed by atoms with van der Waals surface area (Å²) in [5, 5.41) is 7.86. The Hall–Kier alpha value is -4.62. The van der Waals surface area contributed by atoms with Crippen LogP contribution in [0.25, 0.3) is 37.9 Å². The quantitative estimate of drug-likeness (QED) is 0.0970. The molecule has 1 nitrogen and oxygen atoms in total. The molecule has 0 heterocycles. The number of hydrogen-bond acceptors (Lipinski definition) is 1. The Morgan fingerprint density at radius 1 is 0.807 bits per heavy atom. The molecule has 1 heteroatoms. The van der Waals surface area contributed by atoms with Crippen LogP contribution in [0.5, 0.6) is 0 Å². The Kier molecular flexibility index (Phi) is 12.6. The fourth-order valence-electron chi connectivity index (χ4n) is 9.42. The normalized spacial score (nSPS) is 22.2. The highest BCUT2D eigenvalue weighted by Crippen LogP contribution is 2.52. The third kappa shape index (κ3) is 9.09. The van der Waals surface area contributed by atoms with Crippen molar-refractivity contribution in [1.82, 2.24) is 4.90 Å². The SMILES string of the molecule is C=C/C=C(/C=C/C=C\C=C\C(=C\C=C)N(CCC[C@H]1CC(C)C(C)(C)C1C)C1=CCC(C(C)(C)C)C=C1)c1ccc2ccc3cc(C(C)(C)C)cc4ccc1c2c34. The minimum atomic E-state index is 0.0939. The summed E-state index contributed by atoms with van der Waals surface area (Å²) in [7, 11) is 0. The van der Waals surface area contributed by atoms with Crippen LogP contribution < -0.4 is 0 Å². The molecule has 0 bridgehead atoms. The van der Waals surface area contributed by atoms with Crippen molar-refractivity contribution >= 4 is 37.9 Å². The Bertz CT molecular complexity index is 2280. The van der Waals surface area contributed by atoms with Crippen LogP contribution in [0, 0.1) is 34.5 Å². The van der Waals surface area contributed by atoms with Gasteiger partial charge in [0.15, 0.2) is 0 Å². The first-order valence-electron chi connectivity index (χ1n) is 21.6. The summed E-state index contributed by atoms with van der Waals surface area (Å²) in [6.45, 7) is 33.0. The predicted molar refractivity (Wildman–Crippen MR) is 254 cm³/mol. The number of allylic oxidation sites excluding steroid dienone is 14. The van der Waals surface area contributed by atoms with Gasteiger partial charge >= 0.3 is 0 Å². The van der Waals surface area contributed by atoms with Crippen LogP contribution in [0.2, 0.25) is 0 Å². The molecule has 4 atom stereocenters. The van der Waals surface area contributed by atoms with Gasteiger partial charge in [-0.05, 0) is 133 Å². The van der Waals surface area contributed by atoms with Gasteiger partial charge in [-0.1, -0.05) is 192 Å². The van der Waals surface area contributed by atoms with E-state index < -0.39 is 0 Å². The van der Waals surface area contributed by atoms with E-state index in [-0.39, 0.29) is 10.8 Å². The number of rotatable bonds is 13. The lowest BCUT2D eigenvalue weighted by Crippen LogP contribution is -2.27. The van der Waals surface area contributed by atoms with E-state index in [1.807, 2.05) is 12.2 Å². The second-order valence-electron chi connectivity index (χ2n) is 19.7. The second kappa shape index (κ2) is 17.1. The van der Waals surface area contributed by atoms with Gasteiger partial charge in [0.25, 0.3) is 0 Å². The highest BCUT2D eigenvalue weighted by Gasteiger charge is 2.43. The lowest BCUT2D eigenvalue weighted by atomic mass is 9.75. The summed E-state index contributed by atoms with van der Waals surface area (Å²) in [4.78, 5) is 2.52. The second-order valence-corrected chi connectivity index (χ2v) is 19.7. The van der Waals surface area contributed by atoms with Crippen molar-refractivity contribution in [3.63, 3.8) is 0 Å². The monoisotopic (exact) mass is 756 g/mol. The standard InChI is InChI=1S/C56H69N/c1-13-20-41(50-33-27-42-25-26-44-37-47(55(8,9)10)38-45-28-34-51(50)53(42)52(44)45)22-17-15-16-18-24-48(21-14-2)57(49-31-29-46(30-32-49)54(5,6)7)35-19-23-43-36-39(3)56(11,12)40(43)4/h13-18,20-22,24-29,31-34,37-40,43,46H,1-2,19,23,30,35-36H2,3-12H3/b16-15-,22-17+,24-18+,41-20-,48-21-/t39?,40?,43-,46?/m0/s1. The van der Waals surface area contributed by atoms with Gasteiger partial charge in [-0.3, -0.25) is 0 Å². The van der Waals surface area contributed by atoms with Crippen molar-refractivity contribution in [2.45, 2.75) is 100 Å². The molecular formula is C56H69N. The van der Waals surface area contributed by atoms with Crippen molar-refractivity contribution < 1.29 is 0 Å². The van der Waals surface area contributed by atoms with Gasteiger partial charge in [-0.2, -0.15) is 0 Å². The maximum absolute atomic E-state index is 4.12. The van der Waals surface area contributed by atoms with Crippen LogP contribution in [0.4, 0.5) is 0 Å². The molecule has 0 N–H and O–H groups in total. The first kappa shape index (κ1) is 42.0. The van der Waals surface area contributed by atoms with Crippen molar-refractivity contribution in [3.8, 4) is 0 Å². The molecule has 0 spiro atoms. The van der Waals surface area contributed by atoms with Crippen molar-refractivity contribution in [2.24, 2.45) is 34.5 Å². The molecule has 0 aromatic heterocycles. The molecule has 0 aliphatic heterocycles. The van der Waals surface area contributed by atoms with Gasteiger partial charge in [0.05, 0.1) is 0 Å². The largest absolute Gasteiger partial charge is 0.342 e. The van der Waals surface area contributed by atoms with E-state index in [0.717, 1.165) is 36.3 Å². The van der Waals surface area contributed by atoms with Gasteiger partial charge in [0, 0.05) is 17.9 Å². The first-order chi connectivity index (χ1) is 27.0. The molecule has 0 radical (unpaired) electrons. The molecule has 4 aromatic carbocycles. The summed E-state index contributed by atoms with van der Waals surface area (Å²) in [6, 6.07) is 18.5. The Morgan fingerprint density at radius 3 is 2.05 bits per heavy atom. The predicted octanol–water partition coefficient (Wildman–Crippen LogP) is 16.1. The molecule has 0 amide bonds. The zero-order valence-corrected chi connectivity index (χ0v) is 36.8. The van der Waals surface area contributed by atoms with Gasteiger partial charge in [0.1, 0.15) is 0 Å². The van der Waals surface area contributed by atoms with Crippen LogP contribution in [-0.4, -0.2) is 11.4 Å². The lowest BCUT2D eigenvalue weighted by Gasteiger charge is -2.34. The molecule has 298 valence electrons. The van der Waals surface area contributed by atoms with Gasteiger partial charge < -0.3 is 4.90 Å². The summed E-state index contributed by atoms with van der Waals surface area (Å²) in [5.41, 5.74) is 6.96. The van der Waals surface area contributed by atoms with Crippen LogP contribution >= 0.6 is 0 Å². The third-order valence-corrected chi connectivity index (χ3v) is 13.8. The highest BCUT2D eigenvalue weighted by molar-refractivity contribution is 6.25. The van der Waals surface area contributed by atoms with E-state index in [2.05, 4.69) is 203 Å². The van der Waals surface area contributed by atoms with Crippen LogP contribution in [0.1, 0.15) is 106 Å². The number of benzene rings is 4. The fourth-order valence-corrected chi connectivity index (χ4v) is 9.42. The molecule has 0 saturated heterocycles. The van der Waals surface area contributed by atoms with Gasteiger partial charge in [0.2, 0.25) is 0 Å². The highest BCUT2D eigenvalue weighted by atomic mass is 15.1. The summed E-state index contributed by atoms with van der Waals surface area (Å²) in [5.74, 6) is 2.86. The maximum atomic E-state index is 4.12. The summed E-state index contributed by atoms with van der Waals surface area (Å²) >= 11 is 0. The van der Waals surface area contributed by atoms with E-state index in [1.165, 1.54) is 74.1 Å². The minimum absolute atomic E-state index is 0.0939. The topological polar surface area (TPSA) is 3.24 Å². The van der Waals surface area contributed by atoms with E-state index in [4.69, 9.17) is 0 Å². The number of hydrogen-bond donors (Lipinski definition) is 0. The van der Waals surface area contributed by atoms with Crippen LogP contribution in [-0.2, 0) is 5.41 Å². The Morgan fingerprint density at radius 2 is 1.46 bits per heavy atom. The Labute approximate surface area is 346 Å². The lowest BCUT2D eigenvalue weighted by molar-refractivity contribution is 0.189. The van der Waals surface area contributed by atoms with Gasteiger partial charge in [-0.15, -0.1) is 0 Å². The zero-order valence-electron chi connectivity index (χ0n) is 36.8. The first-order valence-corrected chi connectivity index (χ1v) is 21.6. The molecule has 4 aromatic rings. The Balaban J connectivity index is 1.22. The maximum Gasteiger partial charge on any atom is 0.0410 e. The minimum Gasteiger partial charge on any atom is -0.342 e. The van der Waals surface area contributed by atoms with Crippen LogP contribution in [0.15, 0.2) is 152 Å². The molecule has 2 aliphatic rings.